The van der Waals surface area contributed by atoms with Crippen LogP contribution in [0.5, 0.6) is 0 Å². The third-order valence-corrected chi connectivity index (χ3v) is 10.1. The van der Waals surface area contributed by atoms with E-state index in [1.165, 1.54) is 37.7 Å². The van der Waals surface area contributed by atoms with Crippen molar-refractivity contribution in [3.63, 3.8) is 0 Å². The van der Waals surface area contributed by atoms with Crippen molar-refractivity contribution in [1.29, 1.82) is 0 Å². The monoisotopic (exact) mass is 388 g/mol. The molecule has 0 aliphatic rings. The first-order valence-electron chi connectivity index (χ1n) is 10.6. The Hall–Kier alpha value is -1.19. The third kappa shape index (κ3) is 9.52. The fraction of sp³-hybridized carbons (Fsp3) is 0.625. The maximum absolute atomic E-state index is 12.1. The molecule has 0 unspecified atom stereocenters. The van der Waals surface area contributed by atoms with E-state index >= 15 is 0 Å². The quantitative estimate of drug-likeness (QED) is 0.210. The maximum Gasteiger partial charge on any atom is 0.192 e. The van der Waals surface area contributed by atoms with Gasteiger partial charge in [-0.25, -0.2) is 0 Å². The average molecular weight is 389 g/mol. The molecule has 0 N–H and O–H groups in total. The van der Waals surface area contributed by atoms with Crippen molar-refractivity contribution in [2.24, 2.45) is 0 Å². The molecule has 152 valence electrons. The van der Waals surface area contributed by atoms with E-state index in [0.29, 0.717) is 13.0 Å². The largest absolute Gasteiger partial charge is 0.413 e. The van der Waals surface area contributed by atoms with Gasteiger partial charge in [0.15, 0.2) is 14.1 Å². The predicted octanol–water partition coefficient (Wildman–Crippen LogP) is 7.54. The summed E-state index contributed by atoms with van der Waals surface area (Å²) in [7, 11) is -1.74. The molecular formula is C24H40O2Si. The Labute approximate surface area is 168 Å². The van der Waals surface area contributed by atoms with Crippen LogP contribution in [0, 0.1) is 0 Å². The highest BCUT2D eigenvalue weighted by molar-refractivity contribution is 6.74. The van der Waals surface area contributed by atoms with Gasteiger partial charge in [-0.05, 0) is 47.8 Å². The molecule has 1 aromatic carbocycles. The molecule has 3 heteroatoms. The van der Waals surface area contributed by atoms with Crippen molar-refractivity contribution >= 4 is 20.2 Å². The highest BCUT2D eigenvalue weighted by Gasteiger charge is 2.36. The number of hydrogen-bond acceptors (Lipinski definition) is 2. The molecule has 0 saturated heterocycles. The smallest absolute Gasteiger partial charge is 0.192 e. The van der Waals surface area contributed by atoms with E-state index in [4.69, 9.17) is 4.43 Å². The number of carbonyl (C=O) groups is 1. The van der Waals surface area contributed by atoms with Crippen LogP contribution in [-0.2, 0) is 15.8 Å². The van der Waals surface area contributed by atoms with Gasteiger partial charge in [-0.1, -0.05) is 84.1 Å². The lowest BCUT2D eigenvalue weighted by Gasteiger charge is -2.36. The first-order valence-corrected chi connectivity index (χ1v) is 13.5. The average Bonchev–Trinajstić information content (AvgIpc) is 2.60. The molecule has 1 aromatic rings. The van der Waals surface area contributed by atoms with Crippen LogP contribution in [0.4, 0.5) is 0 Å². The van der Waals surface area contributed by atoms with Gasteiger partial charge in [0.05, 0.1) is 6.61 Å². The van der Waals surface area contributed by atoms with Gasteiger partial charge in [-0.3, -0.25) is 4.79 Å². The van der Waals surface area contributed by atoms with Crippen molar-refractivity contribution in [1.82, 2.24) is 0 Å². The predicted molar refractivity (Wildman–Crippen MR) is 120 cm³/mol. The zero-order chi connectivity index (χ0) is 20.3. The van der Waals surface area contributed by atoms with Crippen molar-refractivity contribution < 1.29 is 9.22 Å². The topological polar surface area (TPSA) is 26.3 Å². The zero-order valence-corrected chi connectivity index (χ0v) is 19.4. The second-order valence-corrected chi connectivity index (χ2v) is 13.9. The molecule has 0 aromatic heterocycles. The lowest BCUT2D eigenvalue weighted by Crippen LogP contribution is -2.40. The highest BCUT2D eigenvalue weighted by Crippen LogP contribution is 2.37. The third-order valence-electron chi connectivity index (χ3n) is 5.60. The van der Waals surface area contributed by atoms with E-state index in [1.54, 1.807) is 6.08 Å². The minimum absolute atomic E-state index is 0.216. The van der Waals surface area contributed by atoms with Crippen LogP contribution in [0.15, 0.2) is 30.3 Å². The summed E-state index contributed by atoms with van der Waals surface area (Å²) < 4.78 is 6.30. The van der Waals surface area contributed by atoms with Crippen LogP contribution in [0.2, 0.25) is 18.1 Å². The van der Waals surface area contributed by atoms with Crippen LogP contribution < -0.4 is 0 Å². The van der Waals surface area contributed by atoms with Gasteiger partial charge in [0.25, 0.3) is 0 Å². The second kappa shape index (κ2) is 11.6. The molecule has 1 rings (SSSR count). The Morgan fingerprint density at radius 2 is 1.74 bits per heavy atom. The van der Waals surface area contributed by atoms with Gasteiger partial charge < -0.3 is 4.43 Å². The minimum atomic E-state index is -1.74. The highest BCUT2D eigenvalue weighted by atomic mass is 28.4. The van der Waals surface area contributed by atoms with Gasteiger partial charge in [0, 0.05) is 6.42 Å². The summed E-state index contributed by atoms with van der Waals surface area (Å²) >= 11 is 0. The molecular weight excluding hydrogens is 348 g/mol. The van der Waals surface area contributed by atoms with Crippen molar-refractivity contribution in [2.75, 3.05) is 0 Å². The SMILES string of the molecule is CCCCCCCCC(=O)/C=C/c1cccc(CO[Si](C)(C)C(C)(C)C)c1. The Morgan fingerprint density at radius 3 is 2.41 bits per heavy atom. The van der Waals surface area contributed by atoms with Gasteiger partial charge in [0.2, 0.25) is 0 Å². The number of allylic oxidation sites excluding steroid dienone is 1. The van der Waals surface area contributed by atoms with Crippen molar-refractivity contribution in [3.05, 3.63) is 41.5 Å². The molecule has 0 fully saturated rings. The number of rotatable bonds is 12. The van der Waals surface area contributed by atoms with E-state index in [1.807, 2.05) is 18.2 Å². The van der Waals surface area contributed by atoms with Gasteiger partial charge in [-0.15, -0.1) is 0 Å². The summed E-state index contributed by atoms with van der Waals surface area (Å²) in [6, 6.07) is 8.32. The molecule has 27 heavy (non-hydrogen) atoms. The number of ketones is 1. The van der Waals surface area contributed by atoms with Gasteiger partial charge in [0.1, 0.15) is 0 Å². The van der Waals surface area contributed by atoms with Crippen molar-refractivity contribution in [3.8, 4) is 0 Å². The number of carbonyl (C=O) groups excluding carboxylic acids is 1. The lowest BCUT2D eigenvalue weighted by molar-refractivity contribution is -0.114. The van der Waals surface area contributed by atoms with Crippen molar-refractivity contribution in [2.45, 2.75) is 97.4 Å². The molecule has 0 saturated carbocycles. The number of unbranched alkanes of at least 4 members (excludes halogenated alkanes) is 5. The van der Waals surface area contributed by atoms with E-state index in [-0.39, 0.29) is 10.8 Å². The summed E-state index contributed by atoms with van der Waals surface area (Å²) in [5.41, 5.74) is 2.24. The number of benzene rings is 1. The first-order chi connectivity index (χ1) is 12.7. The van der Waals surface area contributed by atoms with E-state index in [2.05, 4.69) is 52.9 Å². The molecule has 0 spiro atoms. The summed E-state index contributed by atoms with van der Waals surface area (Å²) in [6.07, 6.45) is 11.6. The Balaban J connectivity index is 2.47. The molecule has 0 radical (unpaired) electrons. The lowest BCUT2D eigenvalue weighted by atomic mass is 10.1. The van der Waals surface area contributed by atoms with Gasteiger partial charge >= 0.3 is 0 Å². The Bertz CT molecular complexity index is 597. The Kier molecular flexibility index (Phi) is 10.2. The first kappa shape index (κ1) is 23.8. The second-order valence-electron chi connectivity index (χ2n) is 9.11. The molecule has 2 nitrogen and oxygen atoms in total. The fourth-order valence-corrected chi connectivity index (χ4v) is 3.58. The zero-order valence-electron chi connectivity index (χ0n) is 18.4. The van der Waals surface area contributed by atoms with E-state index in [0.717, 1.165) is 12.0 Å². The fourth-order valence-electron chi connectivity index (χ4n) is 2.62. The van der Waals surface area contributed by atoms with Crippen LogP contribution in [0.3, 0.4) is 0 Å². The summed E-state index contributed by atoms with van der Waals surface area (Å²) in [4.78, 5) is 12.1. The normalized spacial score (nSPS) is 12.7. The van der Waals surface area contributed by atoms with Crippen LogP contribution >= 0.6 is 0 Å². The summed E-state index contributed by atoms with van der Waals surface area (Å²) in [5, 5.41) is 0.216. The summed E-state index contributed by atoms with van der Waals surface area (Å²) in [5.74, 6) is 0.230. The molecule has 0 aliphatic carbocycles. The van der Waals surface area contributed by atoms with Gasteiger partial charge in [-0.2, -0.15) is 0 Å². The standard InChI is InChI=1S/C24H40O2Si/c1-7-8-9-10-11-12-16-23(25)18-17-21-14-13-15-22(19-21)20-26-27(5,6)24(2,3)4/h13-15,17-19H,7-12,16,20H2,1-6H3/b18-17+. The Morgan fingerprint density at radius 1 is 1.07 bits per heavy atom. The molecule has 0 aliphatic heterocycles. The molecule has 0 heterocycles. The minimum Gasteiger partial charge on any atom is -0.413 e. The van der Waals surface area contributed by atoms with E-state index in [9.17, 15) is 4.79 Å². The van der Waals surface area contributed by atoms with Crippen LogP contribution in [0.1, 0.15) is 83.8 Å². The van der Waals surface area contributed by atoms with Crippen LogP contribution in [0.25, 0.3) is 6.08 Å². The maximum atomic E-state index is 12.1. The summed E-state index contributed by atoms with van der Waals surface area (Å²) in [6.45, 7) is 14.2. The van der Waals surface area contributed by atoms with Crippen LogP contribution in [-0.4, -0.2) is 14.1 Å². The van der Waals surface area contributed by atoms with E-state index < -0.39 is 8.32 Å². The molecule has 0 amide bonds. The number of hydrogen-bond donors (Lipinski definition) is 0. The molecule has 0 atom stereocenters. The molecule has 0 bridgehead atoms.